The molecule has 1 amide bonds. The number of hydrogen-bond acceptors (Lipinski definition) is 8. The largest absolute Gasteiger partial charge is 0.464 e. The van der Waals surface area contributed by atoms with Crippen molar-refractivity contribution in [3.8, 4) is 17.5 Å². The summed E-state index contributed by atoms with van der Waals surface area (Å²) in [6.45, 7) is 0.418. The van der Waals surface area contributed by atoms with Crippen LogP contribution in [0.25, 0.3) is 11.4 Å². The first kappa shape index (κ1) is 19.7. The van der Waals surface area contributed by atoms with Gasteiger partial charge < -0.3 is 9.84 Å². The van der Waals surface area contributed by atoms with Crippen molar-refractivity contribution < 1.29 is 23.1 Å². The van der Waals surface area contributed by atoms with Crippen molar-refractivity contribution >= 4 is 16.1 Å². The predicted molar refractivity (Wildman–Crippen MR) is 94.4 cm³/mol. The van der Waals surface area contributed by atoms with E-state index in [4.69, 9.17) is 15.1 Å². The van der Waals surface area contributed by atoms with Crippen molar-refractivity contribution in [2.45, 2.75) is 36.8 Å². The summed E-state index contributed by atoms with van der Waals surface area (Å²) in [5.41, 5.74) is 0.525. The maximum Gasteiger partial charge on any atom is 0.422 e. The van der Waals surface area contributed by atoms with E-state index in [9.17, 15) is 13.2 Å². The highest BCUT2D eigenvalue weighted by molar-refractivity contribution is 7.89. The Morgan fingerprint density at radius 3 is 2.71 bits per heavy atom. The molecule has 0 aliphatic carbocycles. The predicted octanol–water partition coefficient (Wildman–Crippen LogP) is 1.10. The lowest BCUT2D eigenvalue weighted by molar-refractivity contribution is 0.00133. The number of benzene rings is 1. The molecular weight excluding hydrogens is 388 g/mol. The van der Waals surface area contributed by atoms with Gasteiger partial charge in [0, 0.05) is 12.2 Å². The number of tetrazole rings is 1. The summed E-state index contributed by atoms with van der Waals surface area (Å²) in [6.07, 6.45) is 1.41. The van der Waals surface area contributed by atoms with Crippen LogP contribution in [0.2, 0.25) is 0 Å². The van der Waals surface area contributed by atoms with E-state index in [0.29, 0.717) is 17.9 Å². The second kappa shape index (κ2) is 8.32. The van der Waals surface area contributed by atoms with E-state index in [0.717, 1.165) is 25.9 Å². The molecule has 0 spiro atoms. The number of hydrogen-bond donors (Lipinski definition) is 1. The Hall–Kier alpha value is -3.04. The fourth-order valence-electron chi connectivity index (χ4n) is 2.79. The molecule has 2 aromatic rings. The van der Waals surface area contributed by atoms with Crippen LogP contribution >= 0.6 is 0 Å². The number of rotatable bonds is 6. The van der Waals surface area contributed by atoms with Gasteiger partial charge in [-0.2, -0.15) is 14.4 Å². The van der Waals surface area contributed by atoms with E-state index in [1.54, 1.807) is 0 Å². The zero-order valence-corrected chi connectivity index (χ0v) is 15.6. The smallest absolute Gasteiger partial charge is 0.422 e. The third-order valence-corrected chi connectivity index (χ3v) is 5.96. The molecule has 0 saturated carbocycles. The van der Waals surface area contributed by atoms with Gasteiger partial charge in [0.25, 0.3) is 10.0 Å². The summed E-state index contributed by atoms with van der Waals surface area (Å²) >= 11 is 0. The van der Waals surface area contributed by atoms with Crippen LogP contribution < -0.4 is 0 Å². The van der Waals surface area contributed by atoms with Crippen LogP contribution in [-0.2, 0) is 21.3 Å². The molecule has 11 nitrogen and oxygen atoms in total. The van der Waals surface area contributed by atoms with Gasteiger partial charge in [0.15, 0.2) is 0 Å². The minimum atomic E-state index is -4.34. The maximum atomic E-state index is 12.4. The van der Waals surface area contributed by atoms with Gasteiger partial charge in [0.2, 0.25) is 5.82 Å². The van der Waals surface area contributed by atoms with Crippen LogP contribution in [0.4, 0.5) is 4.79 Å². The highest BCUT2D eigenvalue weighted by Gasteiger charge is 2.29. The zero-order chi connectivity index (χ0) is 20.1. The zero-order valence-electron chi connectivity index (χ0n) is 14.8. The van der Waals surface area contributed by atoms with Gasteiger partial charge in [-0.15, -0.1) is 10.2 Å². The van der Waals surface area contributed by atoms with Gasteiger partial charge in [0.1, 0.15) is 6.54 Å². The van der Waals surface area contributed by atoms with Crippen LogP contribution in [-0.4, -0.2) is 63.4 Å². The van der Waals surface area contributed by atoms with E-state index < -0.39 is 22.7 Å². The van der Waals surface area contributed by atoms with E-state index >= 15 is 0 Å². The van der Waals surface area contributed by atoms with Crippen LogP contribution in [0.3, 0.4) is 0 Å². The first-order chi connectivity index (χ1) is 13.4. The number of sulfonamides is 1. The Morgan fingerprint density at radius 1 is 1.36 bits per heavy atom. The van der Waals surface area contributed by atoms with Crippen LogP contribution in [0.15, 0.2) is 29.2 Å². The standard InChI is InChI=1S/C16H18N6O5S/c17-8-9-21(16(23)24)28(25,26)14-6-4-12(5-7-14)15-18-20-22(19-15)11-13-3-1-2-10-27-13/h4-7,13H,1-3,9-11H2,(H,23,24). The number of nitrogens with zero attached hydrogens (tertiary/aromatic N) is 6. The lowest BCUT2D eigenvalue weighted by Crippen LogP contribution is -2.36. The molecule has 148 valence electrons. The SMILES string of the molecule is N#CCN(C(=O)O)S(=O)(=O)c1ccc(-c2nnn(CC3CCCCO3)n2)cc1. The van der Waals surface area contributed by atoms with Gasteiger partial charge in [-0.25, -0.2) is 13.2 Å². The van der Waals surface area contributed by atoms with Crippen molar-refractivity contribution in [1.29, 1.82) is 5.26 Å². The molecule has 1 fully saturated rings. The Kier molecular flexibility index (Phi) is 5.86. The highest BCUT2D eigenvalue weighted by atomic mass is 32.2. The van der Waals surface area contributed by atoms with Crippen molar-refractivity contribution in [2.24, 2.45) is 0 Å². The van der Waals surface area contributed by atoms with Crippen LogP contribution in [0.5, 0.6) is 0 Å². The lowest BCUT2D eigenvalue weighted by atomic mass is 10.1. The van der Waals surface area contributed by atoms with Crippen LogP contribution in [0.1, 0.15) is 19.3 Å². The van der Waals surface area contributed by atoms with Crippen molar-refractivity contribution in [3.63, 3.8) is 0 Å². The molecule has 28 heavy (non-hydrogen) atoms. The topological polar surface area (TPSA) is 151 Å². The summed E-state index contributed by atoms with van der Waals surface area (Å²) < 4.78 is 30.5. The molecular formula is C16H18N6O5S. The second-order valence-corrected chi connectivity index (χ2v) is 8.00. The molecule has 2 heterocycles. The molecule has 1 unspecified atom stereocenters. The molecule has 0 bridgehead atoms. The summed E-state index contributed by atoms with van der Waals surface area (Å²) in [6, 6.07) is 6.91. The molecule has 1 aliphatic heterocycles. The van der Waals surface area contributed by atoms with E-state index in [-0.39, 0.29) is 15.3 Å². The molecule has 1 aromatic carbocycles. The van der Waals surface area contributed by atoms with Gasteiger partial charge in [-0.1, -0.05) is 0 Å². The van der Waals surface area contributed by atoms with Gasteiger partial charge in [-0.05, 0) is 48.7 Å². The first-order valence-electron chi connectivity index (χ1n) is 8.54. The van der Waals surface area contributed by atoms with Crippen molar-refractivity contribution in [2.75, 3.05) is 13.2 Å². The summed E-state index contributed by atoms with van der Waals surface area (Å²) in [5, 5.41) is 29.9. The summed E-state index contributed by atoms with van der Waals surface area (Å²) in [4.78, 5) is 12.3. The molecule has 1 atom stereocenters. The Morgan fingerprint density at radius 2 is 2.11 bits per heavy atom. The normalized spacial score (nSPS) is 17.0. The molecule has 1 aromatic heterocycles. The number of aromatic nitrogens is 4. The summed E-state index contributed by atoms with van der Waals surface area (Å²) in [5.74, 6) is 0.312. The quantitative estimate of drug-likeness (QED) is 0.695. The molecule has 0 radical (unpaired) electrons. The van der Waals surface area contributed by atoms with Crippen molar-refractivity contribution in [3.05, 3.63) is 24.3 Å². The molecule has 1 aliphatic rings. The Balaban J connectivity index is 1.75. The average Bonchev–Trinajstić information content (AvgIpc) is 3.15. The Labute approximate surface area is 161 Å². The lowest BCUT2D eigenvalue weighted by Gasteiger charge is -2.21. The number of ether oxygens (including phenoxy) is 1. The highest BCUT2D eigenvalue weighted by Crippen LogP contribution is 2.21. The Bertz CT molecular complexity index is 976. The third-order valence-electron chi connectivity index (χ3n) is 4.22. The summed E-state index contributed by atoms with van der Waals surface area (Å²) in [7, 11) is -4.34. The van der Waals surface area contributed by atoms with Gasteiger partial charge >= 0.3 is 6.09 Å². The third kappa shape index (κ3) is 4.26. The maximum absolute atomic E-state index is 12.4. The van der Waals surface area contributed by atoms with Gasteiger partial charge in [-0.3, -0.25) is 0 Å². The fraction of sp³-hybridized carbons (Fsp3) is 0.438. The number of nitriles is 1. The molecule has 1 saturated heterocycles. The van der Waals surface area contributed by atoms with Crippen LogP contribution in [0, 0.1) is 11.3 Å². The number of carboxylic acid groups (broad SMARTS) is 1. The molecule has 12 heteroatoms. The minimum absolute atomic E-state index is 0.0467. The molecule has 3 rings (SSSR count). The van der Waals surface area contributed by atoms with E-state index in [2.05, 4.69) is 15.4 Å². The average molecular weight is 406 g/mol. The number of amides is 1. The van der Waals surface area contributed by atoms with E-state index in [1.165, 1.54) is 35.1 Å². The monoisotopic (exact) mass is 406 g/mol. The fourth-order valence-corrected chi connectivity index (χ4v) is 3.96. The van der Waals surface area contributed by atoms with E-state index in [1.807, 2.05) is 0 Å². The van der Waals surface area contributed by atoms with Crippen molar-refractivity contribution in [1.82, 2.24) is 24.5 Å². The molecule has 1 N–H and O–H groups in total. The second-order valence-electron chi connectivity index (χ2n) is 6.13. The minimum Gasteiger partial charge on any atom is -0.464 e. The number of carbonyl (C=O) groups is 1. The first-order valence-corrected chi connectivity index (χ1v) is 9.98. The van der Waals surface area contributed by atoms with Gasteiger partial charge in [0.05, 0.1) is 23.6 Å².